The minimum Gasteiger partial charge on any atom is -0.493 e. The zero-order valence-corrected chi connectivity index (χ0v) is 20.6. The highest BCUT2D eigenvalue weighted by Gasteiger charge is 2.31. The normalized spacial score (nSPS) is 21.2. The van der Waals surface area contributed by atoms with E-state index in [-0.39, 0.29) is 22.8 Å². The maximum absolute atomic E-state index is 13.3. The van der Waals surface area contributed by atoms with Crippen molar-refractivity contribution in [2.75, 3.05) is 31.6 Å². The highest BCUT2D eigenvalue weighted by molar-refractivity contribution is 7.89. The number of hydrogen-bond donors (Lipinski definition) is 1. The third-order valence-electron chi connectivity index (χ3n) is 7.13. The van der Waals surface area contributed by atoms with Gasteiger partial charge in [0.1, 0.15) is 5.75 Å². The van der Waals surface area contributed by atoms with Crippen molar-refractivity contribution in [3.8, 4) is 5.75 Å². The number of benzene rings is 2. The van der Waals surface area contributed by atoms with E-state index in [0.717, 1.165) is 51.5 Å². The third kappa shape index (κ3) is 4.92. The van der Waals surface area contributed by atoms with E-state index in [1.54, 1.807) is 18.2 Å². The average molecular weight is 498 g/mol. The van der Waals surface area contributed by atoms with Gasteiger partial charge in [0.15, 0.2) is 0 Å². The fourth-order valence-electron chi connectivity index (χ4n) is 5.16. The highest BCUT2D eigenvalue weighted by atomic mass is 32.2. The minimum absolute atomic E-state index is 0.0622. The van der Waals surface area contributed by atoms with Crippen LogP contribution in [-0.2, 0) is 10.0 Å². The predicted octanol–water partition coefficient (Wildman–Crippen LogP) is 3.89. The van der Waals surface area contributed by atoms with Crippen LogP contribution < -0.4 is 10.1 Å². The summed E-state index contributed by atoms with van der Waals surface area (Å²) in [6, 6.07) is 11.3. The fraction of sp³-hybridized carbons (Fsp3) is 0.462. The molecule has 2 fully saturated rings. The quantitative estimate of drug-likeness (QED) is 0.691. The molecule has 2 aromatic rings. The number of piperidine rings is 2. The van der Waals surface area contributed by atoms with E-state index >= 15 is 0 Å². The maximum atomic E-state index is 13.3. The molecule has 9 heteroatoms. The largest absolute Gasteiger partial charge is 0.493 e. The molecular formula is C26H31N3O5S. The summed E-state index contributed by atoms with van der Waals surface area (Å²) in [5.41, 5.74) is 1.29. The lowest BCUT2D eigenvalue weighted by Crippen LogP contribution is -2.45. The van der Waals surface area contributed by atoms with Crippen LogP contribution in [0.1, 0.15) is 65.7 Å². The maximum Gasteiger partial charge on any atom is 0.257 e. The summed E-state index contributed by atoms with van der Waals surface area (Å²) in [5.74, 6) is 0.0963. The van der Waals surface area contributed by atoms with E-state index in [0.29, 0.717) is 42.3 Å². The van der Waals surface area contributed by atoms with Crippen molar-refractivity contribution in [1.82, 2.24) is 9.21 Å². The molecule has 1 unspecified atom stereocenters. The molecule has 186 valence electrons. The molecule has 0 saturated carbocycles. The second-order valence-electron chi connectivity index (χ2n) is 9.44. The zero-order valence-electron chi connectivity index (χ0n) is 19.7. The number of anilines is 1. The molecule has 0 aliphatic carbocycles. The number of amides is 2. The van der Waals surface area contributed by atoms with Crippen molar-refractivity contribution in [3.05, 3.63) is 53.6 Å². The average Bonchev–Trinajstić information content (AvgIpc) is 2.89. The van der Waals surface area contributed by atoms with Crippen LogP contribution in [-0.4, -0.2) is 61.7 Å². The van der Waals surface area contributed by atoms with Gasteiger partial charge in [-0.25, -0.2) is 8.42 Å². The monoisotopic (exact) mass is 497 g/mol. The summed E-state index contributed by atoms with van der Waals surface area (Å²) in [7, 11) is -3.55. The summed E-state index contributed by atoms with van der Waals surface area (Å²) in [4.78, 5) is 28.3. The number of ether oxygens (including phenoxy) is 1. The Morgan fingerprint density at radius 2 is 1.66 bits per heavy atom. The first-order chi connectivity index (χ1) is 16.9. The number of hydrogen-bond acceptors (Lipinski definition) is 5. The van der Waals surface area contributed by atoms with Crippen LogP contribution in [0.5, 0.6) is 5.75 Å². The van der Waals surface area contributed by atoms with Crippen molar-refractivity contribution < 1.29 is 22.7 Å². The van der Waals surface area contributed by atoms with Crippen LogP contribution in [0.2, 0.25) is 0 Å². The van der Waals surface area contributed by atoms with Crippen LogP contribution >= 0.6 is 0 Å². The molecule has 3 aliphatic rings. The van der Waals surface area contributed by atoms with E-state index in [2.05, 4.69) is 5.32 Å². The first kappa shape index (κ1) is 23.8. The van der Waals surface area contributed by atoms with Gasteiger partial charge in [-0.1, -0.05) is 6.42 Å². The summed E-state index contributed by atoms with van der Waals surface area (Å²) >= 11 is 0. The van der Waals surface area contributed by atoms with Gasteiger partial charge in [0.25, 0.3) is 11.8 Å². The van der Waals surface area contributed by atoms with Gasteiger partial charge in [-0.05, 0) is 74.6 Å². The number of carbonyl (C=O) groups is 2. The van der Waals surface area contributed by atoms with Crippen LogP contribution in [0.15, 0.2) is 47.4 Å². The van der Waals surface area contributed by atoms with Crippen LogP contribution in [0.4, 0.5) is 5.69 Å². The summed E-state index contributed by atoms with van der Waals surface area (Å²) in [6.07, 6.45) is 6.72. The molecule has 1 N–H and O–H groups in total. The van der Waals surface area contributed by atoms with Crippen molar-refractivity contribution in [2.24, 2.45) is 0 Å². The summed E-state index contributed by atoms with van der Waals surface area (Å²) in [6.45, 7) is 2.36. The van der Waals surface area contributed by atoms with Crippen LogP contribution in [0.3, 0.4) is 0 Å². The Morgan fingerprint density at radius 3 is 2.43 bits per heavy atom. The van der Waals surface area contributed by atoms with Gasteiger partial charge >= 0.3 is 0 Å². The molecular weight excluding hydrogens is 466 g/mol. The molecule has 2 amide bonds. The van der Waals surface area contributed by atoms with E-state index in [4.69, 9.17) is 4.74 Å². The van der Waals surface area contributed by atoms with Gasteiger partial charge in [-0.2, -0.15) is 4.31 Å². The van der Waals surface area contributed by atoms with Gasteiger partial charge in [-0.3, -0.25) is 9.59 Å². The molecule has 3 aliphatic heterocycles. The van der Waals surface area contributed by atoms with Gasteiger partial charge in [0.2, 0.25) is 10.0 Å². The number of sulfonamides is 1. The number of fused-ring (bicyclic) bond motifs is 2. The topological polar surface area (TPSA) is 96.0 Å². The molecule has 1 atom stereocenters. The number of nitrogens with one attached hydrogen (secondary N) is 1. The summed E-state index contributed by atoms with van der Waals surface area (Å²) in [5, 5.41) is 2.83. The molecule has 0 aromatic heterocycles. The Morgan fingerprint density at radius 1 is 0.914 bits per heavy atom. The highest BCUT2D eigenvalue weighted by Crippen LogP contribution is 2.31. The second kappa shape index (κ2) is 9.99. The molecule has 0 radical (unpaired) electrons. The Kier molecular flexibility index (Phi) is 6.80. The lowest BCUT2D eigenvalue weighted by Gasteiger charge is -2.37. The molecule has 0 bridgehead atoms. The predicted molar refractivity (Wildman–Crippen MR) is 132 cm³/mol. The van der Waals surface area contributed by atoms with Crippen molar-refractivity contribution >= 4 is 27.5 Å². The van der Waals surface area contributed by atoms with Crippen molar-refractivity contribution in [3.63, 3.8) is 0 Å². The molecule has 2 saturated heterocycles. The lowest BCUT2D eigenvalue weighted by atomic mass is 9.97. The SMILES string of the molecule is O=C(Nc1ccc2c(c1)C(=O)N1CCCCC1CCO2)c1ccc(S(=O)(=O)N2CCCCC2)cc1. The summed E-state index contributed by atoms with van der Waals surface area (Å²) < 4.78 is 33.1. The molecule has 3 heterocycles. The standard InChI is InChI=1S/C26H31N3O5S/c30-25(19-7-10-22(11-8-19)35(32,33)28-14-3-1-4-15-28)27-20-9-12-24-23(18-20)26(31)29-16-5-2-6-21(29)13-17-34-24/h7-12,18,21H,1-6,13-17H2,(H,27,30). The molecule has 0 spiro atoms. The number of nitrogens with zero attached hydrogens (tertiary/aromatic N) is 2. The first-order valence-corrected chi connectivity index (χ1v) is 13.9. The van der Waals surface area contributed by atoms with E-state index in [9.17, 15) is 18.0 Å². The zero-order chi connectivity index (χ0) is 24.4. The van der Waals surface area contributed by atoms with E-state index < -0.39 is 10.0 Å². The van der Waals surface area contributed by atoms with Crippen molar-refractivity contribution in [2.45, 2.75) is 55.9 Å². The Balaban J connectivity index is 1.32. The minimum atomic E-state index is -3.55. The smallest absolute Gasteiger partial charge is 0.257 e. The molecule has 5 rings (SSSR count). The number of carbonyl (C=O) groups excluding carboxylic acids is 2. The van der Waals surface area contributed by atoms with Gasteiger partial charge in [-0.15, -0.1) is 0 Å². The number of rotatable bonds is 4. The Bertz CT molecular complexity index is 1210. The van der Waals surface area contributed by atoms with E-state index in [1.165, 1.54) is 28.6 Å². The Hall–Kier alpha value is -2.91. The Labute approximate surface area is 206 Å². The first-order valence-electron chi connectivity index (χ1n) is 12.4. The van der Waals surface area contributed by atoms with E-state index in [1.807, 2.05) is 4.90 Å². The fourth-order valence-corrected chi connectivity index (χ4v) is 6.68. The van der Waals surface area contributed by atoms with Gasteiger partial charge in [0, 0.05) is 43.3 Å². The van der Waals surface area contributed by atoms with Gasteiger partial charge in [0.05, 0.1) is 17.1 Å². The van der Waals surface area contributed by atoms with Crippen LogP contribution in [0.25, 0.3) is 0 Å². The third-order valence-corrected chi connectivity index (χ3v) is 9.05. The van der Waals surface area contributed by atoms with Gasteiger partial charge < -0.3 is 15.0 Å². The second-order valence-corrected chi connectivity index (χ2v) is 11.4. The molecule has 8 nitrogen and oxygen atoms in total. The lowest BCUT2D eigenvalue weighted by molar-refractivity contribution is 0.0548. The molecule has 2 aromatic carbocycles. The molecule has 35 heavy (non-hydrogen) atoms. The van der Waals surface area contributed by atoms with Crippen LogP contribution in [0, 0.1) is 0 Å². The van der Waals surface area contributed by atoms with Crippen molar-refractivity contribution in [1.29, 1.82) is 0 Å².